The second-order valence-corrected chi connectivity index (χ2v) is 6.23. The van der Waals surface area contributed by atoms with Crippen molar-refractivity contribution in [2.45, 2.75) is 45.8 Å². The lowest BCUT2D eigenvalue weighted by Crippen LogP contribution is -2.25. The fourth-order valence-electron chi connectivity index (χ4n) is 2.68. The molecular formula is C16H23N5. The van der Waals surface area contributed by atoms with Gasteiger partial charge in [-0.25, -0.2) is 9.67 Å². The summed E-state index contributed by atoms with van der Waals surface area (Å²) in [6.45, 7) is 6.07. The van der Waals surface area contributed by atoms with E-state index in [2.05, 4.69) is 46.4 Å². The van der Waals surface area contributed by atoms with Gasteiger partial charge in [-0.1, -0.05) is 13.8 Å². The van der Waals surface area contributed by atoms with Gasteiger partial charge in [0.1, 0.15) is 12.2 Å². The number of hydrogen-bond donors (Lipinski definition) is 1. The molecule has 1 saturated carbocycles. The van der Waals surface area contributed by atoms with Crippen molar-refractivity contribution < 1.29 is 0 Å². The van der Waals surface area contributed by atoms with Crippen molar-refractivity contribution in [3.63, 3.8) is 0 Å². The van der Waals surface area contributed by atoms with E-state index in [4.69, 9.17) is 0 Å². The number of nitrogens with zero attached hydrogens (tertiary/aromatic N) is 4. The van der Waals surface area contributed by atoms with Gasteiger partial charge >= 0.3 is 0 Å². The van der Waals surface area contributed by atoms with Crippen molar-refractivity contribution in [3.8, 4) is 0 Å². The predicted octanol–water partition coefficient (Wildman–Crippen LogP) is 2.57. The average molecular weight is 285 g/mol. The Morgan fingerprint density at radius 2 is 2.05 bits per heavy atom. The summed E-state index contributed by atoms with van der Waals surface area (Å²) in [4.78, 5) is 8.50. The van der Waals surface area contributed by atoms with E-state index in [0.717, 1.165) is 24.8 Å². The van der Waals surface area contributed by atoms with Crippen LogP contribution < -0.4 is 5.32 Å². The third-order valence-electron chi connectivity index (χ3n) is 3.87. The predicted molar refractivity (Wildman–Crippen MR) is 81.4 cm³/mol. The number of pyridine rings is 1. The van der Waals surface area contributed by atoms with E-state index >= 15 is 0 Å². The molecule has 2 aromatic heterocycles. The molecule has 1 N–H and O–H groups in total. The maximum Gasteiger partial charge on any atom is 0.140 e. The Morgan fingerprint density at radius 1 is 1.29 bits per heavy atom. The lowest BCUT2D eigenvalue weighted by Gasteiger charge is -2.18. The maximum absolute atomic E-state index is 4.39. The maximum atomic E-state index is 4.39. The molecule has 0 bridgehead atoms. The smallest absolute Gasteiger partial charge is 0.140 e. The van der Waals surface area contributed by atoms with Gasteiger partial charge < -0.3 is 5.32 Å². The molecule has 1 aliphatic rings. The summed E-state index contributed by atoms with van der Waals surface area (Å²) in [5.41, 5.74) is 1.32. The molecule has 21 heavy (non-hydrogen) atoms. The van der Waals surface area contributed by atoms with Crippen LogP contribution in [0, 0.1) is 11.8 Å². The van der Waals surface area contributed by atoms with Crippen molar-refractivity contribution in [2.75, 3.05) is 0 Å². The summed E-state index contributed by atoms with van der Waals surface area (Å²) in [6, 6.07) is 4.61. The van der Waals surface area contributed by atoms with E-state index in [1.807, 2.05) is 17.1 Å². The molecular weight excluding hydrogens is 262 g/mol. The SMILES string of the molecule is CC(C)Cn1ncnc1CNC(c1ccncc1)C1CC1. The van der Waals surface area contributed by atoms with Gasteiger partial charge in [0.05, 0.1) is 6.54 Å². The summed E-state index contributed by atoms with van der Waals surface area (Å²) >= 11 is 0. The van der Waals surface area contributed by atoms with Crippen LogP contribution in [-0.4, -0.2) is 19.7 Å². The zero-order valence-electron chi connectivity index (χ0n) is 12.7. The van der Waals surface area contributed by atoms with E-state index in [1.54, 1.807) is 6.33 Å². The molecule has 5 heteroatoms. The summed E-state index contributed by atoms with van der Waals surface area (Å²) < 4.78 is 2.01. The molecule has 0 aromatic carbocycles. The van der Waals surface area contributed by atoms with Crippen LogP contribution in [0.2, 0.25) is 0 Å². The highest BCUT2D eigenvalue weighted by Crippen LogP contribution is 2.40. The molecule has 2 heterocycles. The monoisotopic (exact) mass is 285 g/mol. The Morgan fingerprint density at radius 3 is 2.71 bits per heavy atom. The Kier molecular flexibility index (Phi) is 4.29. The lowest BCUT2D eigenvalue weighted by atomic mass is 10.0. The third kappa shape index (κ3) is 3.67. The fraction of sp³-hybridized carbons (Fsp3) is 0.562. The van der Waals surface area contributed by atoms with Gasteiger partial charge in [0.25, 0.3) is 0 Å². The van der Waals surface area contributed by atoms with Gasteiger partial charge in [0.15, 0.2) is 0 Å². The molecule has 0 saturated heterocycles. The molecule has 2 aromatic rings. The first-order valence-corrected chi connectivity index (χ1v) is 7.74. The van der Waals surface area contributed by atoms with Crippen molar-refractivity contribution >= 4 is 0 Å². The number of rotatable bonds is 7. The second kappa shape index (κ2) is 6.35. The fourth-order valence-corrected chi connectivity index (χ4v) is 2.68. The van der Waals surface area contributed by atoms with Gasteiger partial charge in [-0.15, -0.1) is 0 Å². The van der Waals surface area contributed by atoms with Crippen LogP contribution in [-0.2, 0) is 13.1 Å². The van der Waals surface area contributed by atoms with E-state index in [1.165, 1.54) is 18.4 Å². The largest absolute Gasteiger partial charge is 0.303 e. The summed E-state index contributed by atoms with van der Waals surface area (Å²) in [5, 5.41) is 7.99. The van der Waals surface area contributed by atoms with Crippen LogP contribution in [0.5, 0.6) is 0 Å². The van der Waals surface area contributed by atoms with E-state index < -0.39 is 0 Å². The zero-order valence-corrected chi connectivity index (χ0v) is 12.7. The Balaban J connectivity index is 1.66. The van der Waals surface area contributed by atoms with Crippen molar-refractivity contribution in [3.05, 3.63) is 42.2 Å². The molecule has 1 fully saturated rings. The van der Waals surface area contributed by atoms with Crippen LogP contribution in [0.3, 0.4) is 0 Å². The molecule has 1 aliphatic carbocycles. The number of nitrogens with one attached hydrogen (secondary N) is 1. The molecule has 3 rings (SSSR count). The molecule has 112 valence electrons. The van der Waals surface area contributed by atoms with E-state index in [-0.39, 0.29) is 0 Å². The molecule has 0 amide bonds. The highest BCUT2D eigenvalue weighted by molar-refractivity contribution is 5.18. The Hall–Kier alpha value is -1.75. The average Bonchev–Trinajstić information content (AvgIpc) is 3.22. The minimum atomic E-state index is 0.400. The van der Waals surface area contributed by atoms with Crippen LogP contribution in [0.4, 0.5) is 0 Å². The topological polar surface area (TPSA) is 55.6 Å². The van der Waals surface area contributed by atoms with Gasteiger partial charge in [0.2, 0.25) is 0 Å². The lowest BCUT2D eigenvalue weighted by molar-refractivity contribution is 0.429. The van der Waals surface area contributed by atoms with Crippen LogP contribution in [0.25, 0.3) is 0 Å². The van der Waals surface area contributed by atoms with Crippen molar-refractivity contribution in [1.29, 1.82) is 0 Å². The standard InChI is InChI=1S/C16H23N5/c1-12(2)10-21-15(19-11-20-21)9-18-16(13-3-4-13)14-5-7-17-8-6-14/h5-8,11-13,16,18H,3-4,9-10H2,1-2H3. The second-order valence-electron chi connectivity index (χ2n) is 6.23. The molecule has 0 radical (unpaired) electrons. The van der Waals surface area contributed by atoms with Crippen molar-refractivity contribution in [1.82, 2.24) is 25.1 Å². The minimum Gasteiger partial charge on any atom is -0.303 e. The first-order valence-electron chi connectivity index (χ1n) is 7.74. The van der Waals surface area contributed by atoms with Gasteiger partial charge in [-0.05, 0) is 42.4 Å². The number of hydrogen-bond acceptors (Lipinski definition) is 4. The Bertz CT molecular complexity index is 559. The van der Waals surface area contributed by atoms with Crippen LogP contribution in [0.1, 0.15) is 44.1 Å². The first kappa shape index (κ1) is 14.2. The van der Waals surface area contributed by atoms with Gasteiger partial charge in [-0.2, -0.15) is 5.10 Å². The van der Waals surface area contributed by atoms with Gasteiger partial charge in [0, 0.05) is 25.0 Å². The van der Waals surface area contributed by atoms with Crippen molar-refractivity contribution in [2.24, 2.45) is 11.8 Å². The number of aromatic nitrogens is 4. The Labute approximate surface area is 125 Å². The first-order chi connectivity index (χ1) is 10.2. The zero-order chi connectivity index (χ0) is 14.7. The highest BCUT2D eigenvalue weighted by Gasteiger charge is 2.32. The minimum absolute atomic E-state index is 0.400. The molecule has 0 spiro atoms. The van der Waals surface area contributed by atoms with E-state index in [0.29, 0.717) is 12.0 Å². The van der Waals surface area contributed by atoms with Gasteiger partial charge in [-0.3, -0.25) is 4.98 Å². The molecule has 0 aliphatic heterocycles. The summed E-state index contributed by atoms with van der Waals surface area (Å²) in [5.74, 6) is 2.34. The molecule has 1 unspecified atom stereocenters. The summed E-state index contributed by atoms with van der Waals surface area (Å²) in [7, 11) is 0. The van der Waals surface area contributed by atoms with E-state index in [9.17, 15) is 0 Å². The highest BCUT2D eigenvalue weighted by atomic mass is 15.3. The molecule has 5 nitrogen and oxygen atoms in total. The quantitative estimate of drug-likeness (QED) is 0.849. The van der Waals surface area contributed by atoms with Crippen LogP contribution in [0.15, 0.2) is 30.9 Å². The van der Waals surface area contributed by atoms with Crippen LogP contribution >= 0.6 is 0 Å². The summed E-state index contributed by atoms with van der Waals surface area (Å²) in [6.07, 6.45) is 8.00. The normalized spacial score (nSPS) is 16.3. The molecule has 1 atom stereocenters. The third-order valence-corrected chi connectivity index (χ3v) is 3.87.